The summed E-state index contributed by atoms with van der Waals surface area (Å²) in [5, 5.41) is 0. The molecule has 0 aliphatic carbocycles. The van der Waals surface area contributed by atoms with Crippen LogP contribution in [0.5, 0.6) is 0 Å². The zero-order valence-corrected chi connectivity index (χ0v) is 7.07. The highest BCUT2D eigenvalue weighted by Gasteiger charge is 2.33. The Morgan fingerprint density at radius 3 is 2.21 bits per heavy atom. The summed E-state index contributed by atoms with van der Waals surface area (Å²) in [7, 11) is 0. The van der Waals surface area contributed by atoms with Gasteiger partial charge >= 0.3 is 6.18 Å². The van der Waals surface area contributed by atoms with Gasteiger partial charge in [-0.25, -0.2) is 8.78 Å². The van der Waals surface area contributed by atoms with Crippen molar-refractivity contribution in [1.82, 2.24) is 4.98 Å². The van der Waals surface area contributed by atoms with Crippen molar-refractivity contribution in [2.45, 2.75) is 19.5 Å². The highest BCUT2D eigenvalue weighted by Crippen LogP contribution is 2.32. The number of halogens is 5. The lowest BCUT2D eigenvalue weighted by molar-refractivity contribution is -0.138. The molecule has 0 saturated heterocycles. The van der Waals surface area contributed by atoms with E-state index in [1.54, 1.807) is 0 Å². The molecule has 0 spiro atoms. The standard InChI is InChI=1S/C8H6F5N/c1-4-2-6(7(9)10)14-3-5(4)8(11,12)13/h2-3,7H,1H3. The molecule has 1 rings (SSSR count). The van der Waals surface area contributed by atoms with Gasteiger partial charge in [0, 0.05) is 6.20 Å². The van der Waals surface area contributed by atoms with E-state index in [0.717, 1.165) is 13.0 Å². The lowest BCUT2D eigenvalue weighted by Gasteiger charge is -2.10. The SMILES string of the molecule is Cc1cc(C(F)F)ncc1C(F)(F)F. The van der Waals surface area contributed by atoms with Gasteiger partial charge in [0.05, 0.1) is 5.56 Å². The van der Waals surface area contributed by atoms with Crippen LogP contribution >= 0.6 is 0 Å². The molecule has 0 radical (unpaired) electrons. The van der Waals surface area contributed by atoms with E-state index in [-0.39, 0.29) is 5.56 Å². The van der Waals surface area contributed by atoms with Crippen molar-refractivity contribution in [2.75, 3.05) is 0 Å². The van der Waals surface area contributed by atoms with Crippen molar-refractivity contribution in [3.05, 3.63) is 29.1 Å². The molecule has 14 heavy (non-hydrogen) atoms. The monoisotopic (exact) mass is 211 g/mol. The van der Waals surface area contributed by atoms with Crippen LogP contribution in [0.1, 0.15) is 23.2 Å². The number of hydrogen-bond donors (Lipinski definition) is 0. The lowest BCUT2D eigenvalue weighted by Crippen LogP contribution is -2.09. The van der Waals surface area contributed by atoms with Crippen LogP contribution in [-0.4, -0.2) is 4.98 Å². The Hall–Kier alpha value is -1.20. The largest absolute Gasteiger partial charge is 0.418 e. The fraction of sp³-hybridized carbons (Fsp3) is 0.375. The Balaban J connectivity index is 3.15. The van der Waals surface area contributed by atoms with E-state index in [2.05, 4.69) is 4.98 Å². The van der Waals surface area contributed by atoms with Crippen LogP contribution in [0.4, 0.5) is 22.0 Å². The average Bonchev–Trinajstić information content (AvgIpc) is 2.01. The maximum absolute atomic E-state index is 12.2. The summed E-state index contributed by atoms with van der Waals surface area (Å²) in [5.74, 6) is 0. The van der Waals surface area contributed by atoms with Crippen molar-refractivity contribution >= 4 is 0 Å². The van der Waals surface area contributed by atoms with Gasteiger partial charge in [-0.15, -0.1) is 0 Å². The van der Waals surface area contributed by atoms with Gasteiger partial charge in [0.25, 0.3) is 6.43 Å². The number of aromatic nitrogens is 1. The Morgan fingerprint density at radius 1 is 1.29 bits per heavy atom. The highest BCUT2D eigenvalue weighted by atomic mass is 19.4. The number of aryl methyl sites for hydroxylation is 1. The summed E-state index contributed by atoms with van der Waals surface area (Å²) < 4.78 is 60.5. The number of hydrogen-bond acceptors (Lipinski definition) is 1. The van der Waals surface area contributed by atoms with Crippen LogP contribution in [0.25, 0.3) is 0 Å². The maximum Gasteiger partial charge on any atom is 0.418 e. The molecule has 0 aliphatic rings. The van der Waals surface area contributed by atoms with E-state index in [4.69, 9.17) is 0 Å². The zero-order valence-electron chi connectivity index (χ0n) is 7.07. The maximum atomic E-state index is 12.2. The molecule has 6 heteroatoms. The second-order valence-electron chi connectivity index (χ2n) is 2.72. The minimum Gasteiger partial charge on any atom is -0.255 e. The third-order valence-corrected chi connectivity index (χ3v) is 1.66. The van der Waals surface area contributed by atoms with Crippen LogP contribution in [0.15, 0.2) is 12.3 Å². The molecule has 0 saturated carbocycles. The van der Waals surface area contributed by atoms with Gasteiger partial charge < -0.3 is 0 Å². The molecule has 0 N–H and O–H groups in total. The first-order valence-corrected chi connectivity index (χ1v) is 3.64. The van der Waals surface area contributed by atoms with E-state index in [1.165, 1.54) is 0 Å². The minimum absolute atomic E-state index is 0.247. The van der Waals surface area contributed by atoms with E-state index in [1.807, 2.05) is 0 Å². The summed E-state index contributed by atoms with van der Waals surface area (Å²) in [6.45, 7) is 1.12. The van der Waals surface area contributed by atoms with Crippen LogP contribution in [0, 0.1) is 6.92 Å². The number of nitrogens with zero attached hydrogens (tertiary/aromatic N) is 1. The third-order valence-electron chi connectivity index (χ3n) is 1.66. The van der Waals surface area contributed by atoms with Gasteiger partial charge in [-0.2, -0.15) is 13.2 Å². The van der Waals surface area contributed by atoms with Gasteiger partial charge in [0.1, 0.15) is 5.69 Å². The van der Waals surface area contributed by atoms with Crippen LogP contribution in [0.2, 0.25) is 0 Å². The van der Waals surface area contributed by atoms with Gasteiger partial charge in [-0.3, -0.25) is 4.98 Å². The topological polar surface area (TPSA) is 12.9 Å². The molecule has 0 amide bonds. The minimum atomic E-state index is -4.54. The van der Waals surface area contributed by atoms with Gasteiger partial charge in [-0.05, 0) is 18.6 Å². The first-order valence-electron chi connectivity index (χ1n) is 3.64. The Morgan fingerprint density at radius 2 is 1.86 bits per heavy atom. The quantitative estimate of drug-likeness (QED) is 0.649. The molecule has 0 aliphatic heterocycles. The van der Waals surface area contributed by atoms with Crippen molar-refractivity contribution in [1.29, 1.82) is 0 Å². The van der Waals surface area contributed by atoms with Gasteiger partial charge in [0.2, 0.25) is 0 Å². The molecule has 0 unspecified atom stereocenters. The normalized spacial score (nSPS) is 12.2. The van der Waals surface area contributed by atoms with Crippen LogP contribution in [0.3, 0.4) is 0 Å². The number of rotatable bonds is 1. The second kappa shape index (κ2) is 3.51. The molecule has 0 bridgehead atoms. The zero-order chi connectivity index (χ0) is 10.9. The van der Waals surface area contributed by atoms with Crippen molar-refractivity contribution in [3.8, 4) is 0 Å². The third kappa shape index (κ3) is 2.18. The predicted molar refractivity (Wildman–Crippen MR) is 38.9 cm³/mol. The molecule has 0 fully saturated rings. The Bertz CT molecular complexity index is 331. The van der Waals surface area contributed by atoms with Crippen molar-refractivity contribution < 1.29 is 22.0 Å². The summed E-state index contributed by atoms with van der Waals surface area (Å²) in [5.41, 5.74) is -1.87. The first-order chi connectivity index (χ1) is 6.32. The van der Waals surface area contributed by atoms with E-state index in [9.17, 15) is 22.0 Å². The van der Waals surface area contributed by atoms with Crippen LogP contribution in [-0.2, 0) is 6.18 Å². The molecule has 1 nitrogen and oxygen atoms in total. The first kappa shape index (κ1) is 10.9. The fourth-order valence-corrected chi connectivity index (χ4v) is 0.994. The number of alkyl halides is 5. The van der Waals surface area contributed by atoms with Crippen molar-refractivity contribution in [2.24, 2.45) is 0 Å². The Labute approximate surface area is 76.6 Å². The Kier molecular flexibility index (Phi) is 2.73. The molecule has 78 valence electrons. The van der Waals surface area contributed by atoms with Crippen LogP contribution < -0.4 is 0 Å². The predicted octanol–water partition coefficient (Wildman–Crippen LogP) is 3.35. The summed E-state index contributed by atoms with van der Waals surface area (Å²) in [6, 6.07) is 0.744. The molecular formula is C8H6F5N. The van der Waals surface area contributed by atoms with E-state index >= 15 is 0 Å². The fourth-order valence-electron chi connectivity index (χ4n) is 0.994. The highest BCUT2D eigenvalue weighted by molar-refractivity contribution is 5.28. The smallest absolute Gasteiger partial charge is 0.255 e. The van der Waals surface area contributed by atoms with Crippen molar-refractivity contribution in [3.63, 3.8) is 0 Å². The average molecular weight is 211 g/mol. The molecule has 1 aromatic rings. The summed E-state index contributed by atoms with van der Waals surface area (Å²) in [6.07, 6.45) is -6.97. The lowest BCUT2D eigenvalue weighted by atomic mass is 10.1. The molecular weight excluding hydrogens is 205 g/mol. The molecule has 0 aromatic carbocycles. The summed E-state index contributed by atoms with van der Waals surface area (Å²) in [4.78, 5) is 3.04. The molecule has 1 heterocycles. The molecule has 0 atom stereocenters. The number of pyridine rings is 1. The van der Waals surface area contributed by atoms with Gasteiger partial charge in [0.15, 0.2) is 0 Å². The molecule has 1 aromatic heterocycles. The van der Waals surface area contributed by atoms with E-state index in [0.29, 0.717) is 6.20 Å². The van der Waals surface area contributed by atoms with E-state index < -0.39 is 23.9 Å². The van der Waals surface area contributed by atoms with Gasteiger partial charge in [-0.1, -0.05) is 0 Å². The summed E-state index contributed by atoms with van der Waals surface area (Å²) >= 11 is 0. The second-order valence-corrected chi connectivity index (χ2v) is 2.72.